The molecule has 1 aromatic rings. The molecule has 0 radical (unpaired) electrons. The van der Waals surface area contributed by atoms with Crippen LogP contribution in [0.3, 0.4) is 0 Å². The van der Waals surface area contributed by atoms with Crippen LogP contribution in [0.25, 0.3) is 0 Å². The maximum Gasteiger partial charge on any atom is 0.177 e. The van der Waals surface area contributed by atoms with Crippen LogP contribution in [0, 0.1) is 5.92 Å². The second-order valence-electron chi connectivity index (χ2n) is 5.26. The van der Waals surface area contributed by atoms with Gasteiger partial charge < -0.3 is 10.4 Å². The highest BCUT2D eigenvalue weighted by atomic mass is 32.2. The molecule has 0 saturated heterocycles. The van der Waals surface area contributed by atoms with E-state index in [0.29, 0.717) is 17.1 Å². The lowest BCUT2D eigenvalue weighted by molar-refractivity contribution is 0.0763. The van der Waals surface area contributed by atoms with Crippen LogP contribution in [-0.2, 0) is 9.84 Å². The van der Waals surface area contributed by atoms with Crippen molar-refractivity contribution in [2.45, 2.75) is 36.7 Å². The third kappa shape index (κ3) is 3.70. The van der Waals surface area contributed by atoms with Crippen LogP contribution in [0.4, 0.5) is 5.69 Å². The Balaban J connectivity index is 2.07. The molecule has 2 atom stereocenters. The first-order chi connectivity index (χ1) is 8.98. The molecule has 0 spiro atoms. The molecule has 2 rings (SSSR count). The number of para-hydroxylation sites is 1. The van der Waals surface area contributed by atoms with Gasteiger partial charge in [0.05, 0.1) is 16.7 Å². The Bertz CT molecular complexity index is 527. The summed E-state index contributed by atoms with van der Waals surface area (Å²) in [5.74, 6) is 0.210. The zero-order valence-corrected chi connectivity index (χ0v) is 12.0. The van der Waals surface area contributed by atoms with Gasteiger partial charge in [0, 0.05) is 18.7 Å². The van der Waals surface area contributed by atoms with Gasteiger partial charge in [-0.3, -0.25) is 0 Å². The predicted molar refractivity (Wildman–Crippen MR) is 76.0 cm³/mol. The van der Waals surface area contributed by atoms with Crippen molar-refractivity contribution in [1.82, 2.24) is 0 Å². The van der Waals surface area contributed by atoms with E-state index in [2.05, 4.69) is 5.32 Å². The fourth-order valence-electron chi connectivity index (χ4n) is 2.60. The predicted octanol–water partition coefficient (Wildman–Crippen LogP) is 2.05. The van der Waals surface area contributed by atoms with Gasteiger partial charge in [-0.25, -0.2) is 8.42 Å². The quantitative estimate of drug-likeness (QED) is 0.887. The third-order valence-corrected chi connectivity index (χ3v) is 4.87. The lowest BCUT2D eigenvalue weighted by Gasteiger charge is -2.28. The van der Waals surface area contributed by atoms with Gasteiger partial charge >= 0.3 is 0 Å². The minimum Gasteiger partial charge on any atom is -0.393 e. The summed E-state index contributed by atoms with van der Waals surface area (Å²) in [4.78, 5) is 0.320. The number of hydrogen-bond donors (Lipinski definition) is 2. The molecule has 2 N–H and O–H groups in total. The minimum atomic E-state index is -3.22. The monoisotopic (exact) mass is 283 g/mol. The molecule has 2 unspecified atom stereocenters. The Labute approximate surface area is 114 Å². The highest BCUT2D eigenvalue weighted by Gasteiger charge is 2.23. The van der Waals surface area contributed by atoms with Crippen LogP contribution in [0.15, 0.2) is 29.2 Å². The second-order valence-corrected chi connectivity index (χ2v) is 7.25. The molecule has 5 heteroatoms. The molecule has 1 aliphatic rings. The van der Waals surface area contributed by atoms with Gasteiger partial charge in [-0.1, -0.05) is 25.0 Å². The molecule has 106 valence electrons. The molecule has 0 aliphatic heterocycles. The normalized spacial score (nSPS) is 24.1. The van der Waals surface area contributed by atoms with Crippen LogP contribution < -0.4 is 5.32 Å². The van der Waals surface area contributed by atoms with Crippen LogP contribution in [-0.4, -0.2) is 32.4 Å². The highest BCUT2D eigenvalue weighted by molar-refractivity contribution is 7.90. The van der Waals surface area contributed by atoms with Crippen molar-refractivity contribution in [2.24, 2.45) is 5.92 Å². The van der Waals surface area contributed by atoms with Gasteiger partial charge in [-0.05, 0) is 25.0 Å². The molecule has 19 heavy (non-hydrogen) atoms. The first-order valence-electron chi connectivity index (χ1n) is 6.69. The third-order valence-electron chi connectivity index (χ3n) is 3.71. The van der Waals surface area contributed by atoms with Crippen molar-refractivity contribution in [3.63, 3.8) is 0 Å². The van der Waals surface area contributed by atoms with E-state index in [0.717, 1.165) is 25.7 Å². The van der Waals surface area contributed by atoms with Crippen LogP contribution in [0.5, 0.6) is 0 Å². The summed E-state index contributed by atoms with van der Waals surface area (Å²) in [5, 5.41) is 13.1. The number of sulfone groups is 1. The van der Waals surface area contributed by atoms with Crippen LogP contribution >= 0.6 is 0 Å². The van der Waals surface area contributed by atoms with Crippen LogP contribution in [0.2, 0.25) is 0 Å². The number of hydrogen-bond acceptors (Lipinski definition) is 4. The SMILES string of the molecule is CS(=O)(=O)c1ccccc1NCC1CCCCC1O. The molecule has 4 nitrogen and oxygen atoms in total. The molecule has 0 heterocycles. The first kappa shape index (κ1) is 14.3. The number of anilines is 1. The Morgan fingerprint density at radius 3 is 2.63 bits per heavy atom. The Morgan fingerprint density at radius 2 is 1.95 bits per heavy atom. The average molecular weight is 283 g/mol. The van der Waals surface area contributed by atoms with Crippen molar-refractivity contribution < 1.29 is 13.5 Å². The Kier molecular flexibility index (Phi) is 4.47. The van der Waals surface area contributed by atoms with E-state index in [4.69, 9.17) is 0 Å². The Hall–Kier alpha value is -1.07. The van der Waals surface area contributed by atoms with E-state index in [-0.39, 0.29) is 12.0 Å². The topological polar surface area (TPSA) is 66.4 Å². The number of benzene rings is 1. The lowest BCUT2D eigenvalue weighted by Crippen LogP contribution is -2.30. The fourth-order valence-corrected chi connectivity index (χ4v) is 3.47. The van der Waals surface area contributed by atoms with Gasteiger partial charge in [-0.2, -0.15) is 0 Å². The van der Waals surface area contributed by atoms with Gasteiger partial charge in [-0.15, -0.1) is 0 Å². The summed E-state index contributed by atoms with van der Waals surface area (Å²) in [6, 6.07) is 6.91. The Morgan fingerprint density at radius 1 is 1.26 bits per heavy atom. The molecule has 0 amide bonds. The zero-order valence-electron chi connectivity index (χ0n) is 11.2. The lowest BCUT2D eigenvalue weighted by atomic mass is 9.86. The van der Waals surface area contributed by atoms with Gasteiger partial charge in [0.25, 0.3) is 0 Å². The number of aliphatic hydroxyl groups excluding tert-OH is 1. The van der Waals surface area contributed by atoms with Crippen molar-refractivity contribution in [1.29, 1.82) is 0 Å². The fraction of sp³-hybridized carbons (Fsp3) is 0.571. The van der Waals surface area contributed by atoms with E-state index in [1.807, 2.05) is 6.07 Å². The number of aliphatic hydroxyl groups is 1. The molecule has 1 saturated carbocycles. The smallest absolute Gasteiger partial charge is 0.177 e. The van der Waals surface area contributed by atoms with Crippen LogP contribution in [0.1, 0.15) is 25.7 Å². The maximum absolute atomic E-state index is 11.7. The minimum absolute atomic E-state index is 0.210. The van der Waals surface area contributed by atoms with Gasteiger partial charge in [0.15, 0.2) is 9.84 Å². The summed E-state index contributed by atoms with van der Waals surface area (Å²) in [5.41, 5.74) is 0.628. The maximum atomic E-state index is 11.7. The van der Waals surface area contributed by atoms with E-state index in [1.165, 1.54) is 6.26 Å². The van der Waals surface area contributed by atoms with E-state index in [1.54, 1.807) is 18.2 Å². The molecule has 0 aromatic heterocycles. The van der Waals surface area contributed by atoms with E-state index < -0.39 is 9.84 Å². The van der Waals surface area contributed by atoms with E-state index in [9.17, 15) is 13.5 Å². The number of nitrogens with one attached hydrogen (secondary N) is 1. The summed E-state index contributed by atoms with van der Waals surface area (Å²) in [6.07, 6.45) is 5.00. The van der Waals surface area contributed by atoms with Crippen molar-refractivity contribution in [3.05, 3.63) is 24.3 Å². The van der Waals surface area contributed by atoms with E-state index >= 15 is 0 Å². The highest BCUT2D eigenvalue weighted by Crippen LogP contribution is 2.26. The van der Waals surface area contributed by atoms with Crippen molar-refractivity contribution in [2.75, 3.05) is 18.1 Å². The average Bonchev–Trinajstić information content (AvgIpc) is 2.37. The molecule has 0 bridgehead atoms. The summed E-state index contributed by atoms with van der Waals surface area (Å²) in [6.45, 7) is 0.619. The van der Waals surface area contributed by atoms with Crippen molar-refractivity contribution in [3.8, 4) is 0 Å². The summed E-state index contributed by atoms with van der Waals surface area (Å²) >= 11 is 0. The molecule has 1 aliphatic carbocycles. The zero-order chi connectivity index (χ0) is 13.9. The summed E-state index contributed by atoms with van der Waals surface area (Å²) < 4.78 is 23.4. The molecule has 1 aromatic carbocycles. The van der Waals surface area contributed by atoms with Gasteiger partial charge in [0.1, 0.15) is 0 Å². The van der Waals surface area contributed by atoms with Gasteiger partial charge in [0.2, 0.25) is 0 Å². The molecular weight excluding hydrogens is 262 g/mol. The largest absolute Gasteiger partial charge is 0.393 e. The molecule has 1 fully saturated rings. The van der Waals surface area contributed by atoms with Crippen molar-refractivity contribution >= 4 is 15.5 Å². The first-order valence-corrected chi connectivity index (χ1v) is 8.58. The molecular formula is C14H21NO3S. The number of rotatable bonds is 4. The second kappa shape index (κ2) is 5.92. The standard InChI is InChI=1S/C14H21NO3S/c1-19(17,18)14-9-5-3-7-12(14)15-10-11-6-2-4-8-13(11)16/h3,5,7,9,11,13,15-16H,2,4,6,8,10H2,1H3. The summed E-state index contributed by atoms with van der Waals surface area (Å²) in [7, 11) is -3.22.